The van der Waals surface area contributed by atoms with Crippen molar-refractivity contribution in [1.82, 2.24) is 25.8 Å². The third-order valence-electron chi connectivity index (χ3n) is 8.87. The average Bonchev–Trinajstić information content (AvgIpc) is 3.71. The number of aliphatic hydroxyl groups excluding tert-OH is 1. The highest BCUT2D eigenvalue weighted by atomic mass is 32.2. The minimum Gasteiger partial charge on any atom is -0.467 e. The maximum absolute atomic E-state index is 12.8. The van der Waals surface area contributed by atoms with E-state index in [4.69, 9.17) is 14.2 Å². The number of urea groups is 1. The van der Waals surface area contributed by atoms with Crippen molar-refractivity contribution in [2.45, 2.75) is 56.2 Å². The molecule has 0 spiro atoms. The molecule has 4 N–H and O–H groups in total. The standard InChI is InChI=1S/C39H41N5O6S/c1-25-34(23-51-39-41-24-42-44-39)49-37(50-35(25)30-13-11-27(22-45)12-14-30)31-17-15-29(16-18-31)32-10-6-9-28(19-32)21-40-38(47)43-33(36(46)48-2)20-26-7-4-3-5-8-26/h3-19,24-25,33-35,37,45H,20-23H2,1-2H3,(H2,40,43,47)(H,41,42,44)/t25-,33-,34+,35+,37+/m0/s1. The van der Waals surface area contributed by atoms with Gasteiger partial charge in [0.1, 0.15) is 12.4 Å². The molecule has 0 aliphatic carbocycles. The van der Waals surface area contributed by atoms with Crippen LogP contribution in [0.4, 0.5) is 4.79 Å². The number of carbonyl (C=O) groups excluding carboxylic acids is 2. The molecule has 6 rings (SSSR count). The molecule has 2 heterocycles. The third-order valence-corrected chi connectivity index (χ3v) is 9.84. The number of carbonyl (C=O) groups is 2. The van der Waals surface area contributed by atoms with Gasteiger partial charge in [0.2, 0.25) is 0 Å². The Hall–Kier alpha value is -5.01. The van der Waals surface area contributed by atoms with Gasteiger partial charge in [0.15, 0.2) is 11.4 Å². The van der Waals surface area contributed by atoms with Crippen LogP contribution in [0.1, 0.15) is 47.1 Å². The Balaban J connectivity index is 1.11. The number of hydrogen-bond donors (Lipinski definition) is 4. The van der Waals surface area contributed by atoms with Crippen LogP contribution >= 0.6 is 11.8 Å². The Bertz CT molecular complexity index is 1860. The van der Waals surface area contributed by atoms with Crippen molar-refractivity contribution in [3.8, 4) is 11.1 Å². The van der Waals surface area contributed by atoms with Crippen molar-refractivity contribution in [2.24, 2.45) is 5.92 Å². The van der Waals surface area contributed by atoms with E-state index in [1.165, 1.54) is 13.4 Å². The summed E-state index contributed by atoms with van der Waals surface area (Å²) in [6.45, 7) is 2.38. The highest BCUT2D eigenvalue weighted by Crippen LogP contribution is 2.43. The number of aromatic amines is 1. The molecule has 12 heteroatoms. The number of H-pyrrole nitrogens is 1. The number of nitrogens with zero attached hydrogens (tertiary/aromatic N) is 2. The summed E-state index contributed by atoms with van der Waals surface area (Å²) in [5, 5.41) is 22.7. The van der Waals surface area contributed by atoms with Crippen molar-refractivity contribution < 1.29 is 28.9 Å². The van der Waals surface area contributed by atoms with Crippen LogP contribution in [0.25, 0.3) is 11.1 Å². The Morgan fingerprint density at radius 1 is 0.902 bits per heavy atom. The number of methoxy groups -OCH3 is 1. The summed E-state index contributed by atoms with van der Waals surface area (Å²) in [6, 6.07) is 32.1. The number of esters is 1. The fourth-order valence-corrected chi connectivity index (χ4v) is 6.95. The van der Waals surface area contributed by atoms with E-state index in [-0.39, 0.29) is 31.3 Å². The summed E-state index contributed by atoms with van der Waals surface area (Å²) < 4.78 is 18.1. The van der Waals surface area contributed by atoms with Crippen LogP contribution in [0.5, 0.6) is 0 Å². The number of rotatable bonds is 13. The Kier molecular flexibility index (Phi) is 12.1. The molecular formula is C39H41N5O6S. The van der Waals surface area contributed by atoms with E-state index < -0.39 is 24.3 Å². The van der Waals surface area contributed by atoms with Crippen LogP contribution in [-0.4, -0.2) is 57.3 Å². The average molecular weight is 708 g/mol. The second-order valence-electron chi connectivity index (χ2n) is 12.3. The number of benzene rings is 4. The Morgan fingerprint density at radius 2 is 1.65 bits per heavy atom. The van der Waals surface area contributed by atoms with Gasteiger partial charge in [-0.15, -0.1) is 0 Å². The summed E-state index contributed by atoms with van der Waals surface area (Å²) in [5.41, 5.74) is 6.56. The predicted octanol–water partition coefficient (Wildman–Crippen LogP) is 6.13. The van der Waals surface area contributed by atoms with Crippen LogP contribution in [-0.2, 0) is 38.6 Å². The van der Waals surface area contributed by atoms with Crippen LogP contribution in [0.15, 0.2) is 115 Å². The van der Waals surface area contributed by atoms with Crippen molar-refractivity contribution in [2.75, 3.05) is 12.9 Å². The van der Waals surface area contributed by atoms with E-state index in [0.717, 1.165) is 44.1 Å². The van der Waals surface area contributed by atoms with Gasteiger partial charge in [-0.3, -0.25) is 5.10 Å². The highest BCUT2D eigenvalue weighted by Gasteiger charge is 2.38. The molecule has 0 radical (unpaired) electrons. The molecule has 1 aliphatic heterocycles. The quantitative estimate of drug-likeness (QED) is 0.0838. The molecule has 0 unspecified atom stereocenters. The van der Waals surface area contributed by atoms with Crippen molar-refractivity contribution in [1.29, 1.82) is 0 Å². The SMILES string of the molecule is COC(=O)[C@H](Cc1ccccc1)NC(=O)NCc1cccc(-c2ccc([C@@H]3O[C@H](CSc4ncn[nH]4)[C@H](C)[C@H](c4ccc(CO)cc4)O3)cc2)c1. The molecule has 2 amide bonds. The first-order valence-corrected chi connectivity index (χ1v) is 17.7. The molecule has 0 bridgehead atoms. The molecule has 1 aliphatic rings. The lowest BCUT2D eigenvalue weighted by Crippen LogP contribution is -2.47. The van der Waals surface area contributed by atoms with E-state index in [0.29, 0.717) is 12.2 Å². The lowest BCUT2D eigenvalue weighted by molar-refractivity contribution is -0.268. The number of hydrogen-bond acceptors (Lipinski definition) is 9. The van der Waals surface area contributed by atoms with Crippen LogP contribution in [0, 0.1) is 5.92 Å². The van der Waals surface area contributed by atoms with E-state index in [2.05, 4.69) is 32.7 Å². The fraction of sp³-hybridized carbons (Fsp3) is 0.282. The van der Waals surface area contributed by atoms with Gasteiger partial charge in [-0.1, -0.05) is 116 Å². The minimum atomic E-state index is -0.813. The first kappa shape index (κ1) is 35.8. The number of aromatic nitrogens is 3. The summed E-state index contributed by atoms with van der Waals surface area (Å²) >= 11 is 1.56. The third kappa shape index (κ3) is 9.41. The molecule has 264 valence electrons. The monoisotopic (exact) mass is 707 g/mol. The van der Waals surface area contributed by atoms with Gasteiger partial charge >= 0.3 is 12.0 Å². The summed E-state index contributed by atoms with van der Waals surface area (Å²) in [5.74, 6) is 0.199. The lowest BCUT2D eigenvalue weighted by Gasteiger charge is -2.41. The predicted molar refractivity (Wildman–Crippen MR) is 193 cm³/mol. The molecule has 1 fully saturated rings. The van der Waals surface area contributed by atoms with Gasteiger partial charge in [-0.05, 0) is 39.4 Å². The number of thioether (sulfide) groups is 1. The van der Waals surface area contributed by atoms with Crippen LogP contribution in [0.2, 0.25) is 0 Å². The summed E-state index contributed by atoms with van der Waals surface area (Å²) in [7, 11) is 1.31. The van der Waals surface area contributed by atoms with Crippen LogP contribution in [0.3, 0.4) is 0 Å². The van der Waals surface area contributed by atoms with Gasteiger partial charge < -0.3 is 30.0 Å². The normalized spacial score (nSPS) is 19.2. The molecule has 1 aromatic heterocycles. The van der Waals surface area contributed by atoms with E-state index >= 15 is 0 Å². The number of ether oxygens (including phenoxy) is 3. The maximum Gasteiger partial charge on any atom is 0.328 e. The van der Waals surface area contributed by atoms with E-state index in [1.54, 1.807) is 11.8 Å². The van der Waals surface area contributed by atoms with Gasteiger partial charge in [-0.25, -0.2) is 14.6 Å². The second kappa shape index (κ2) is 17.3. The van der Waals surface area contributed by atoms with Gasteiger partial charge in [0.25, 0.3) is 0 Å². The molecule has 5 atom stereocenters. The van der Waals surface area contributed by atoms with E-state index in [9.17, 15) is 14.7 Å². The molecule has 1 saturated heterocycles. The summed E-state index contributed by atoms with van der Waals surface area (Å²) in [4.78, 5) is 29.4. The largest absolute Gasteiger partial charge is 0.467 e. The van der Waals surface area contributed by atoms with Crippen molar-refractivity contribution in [3.05, 3.63) is 137 Å². The summed E-state index contributed by atoms with van der Waals surface area (Å²) in [6.07, 6.45) is 0.861. The number of aliphatic hydroxyl groups is 1. The number of nitrogens with one attached hydrogen (secondary N) is 3. The number of amides is 2. The maximum atomic E-state index is 12.8. The Labute approximate surface area is 301 Å². The molecule has 5 aromatic rings. The first-order valence-electron chi connectivity index (χ1n) is 16.7. The van der Waals surface area contributed by atoms with Gasteiger partial charge in [0, 0.05) is 30.2 Å². The molecular weight excluding hydrogens is 667 g/mol. The second-order valence-corrected chi connectivity index (χ2v) is 13.3. The minimum absolute atomic E-state index is 0.0166. The van der Waals surface area contributed by atoms with Crippen molar-refractivity contribution >= 4 is 23.8 Å². The first-order chi connectivity index (χ1) is 24.9. The van der Waals surface area contributed by atoms with Gasteiger partial charge in [0.05, 0.1) is 25.9 Å². The van der Waals surface area contributed by atoms with Crippen molar-refractivity contribution in [3.63, 3.8) is 0 Å². The molecule has 51 heavy (non-hydrogen) atoms. The van der Waals surface area contributed by atoms with Gasteiger partial charge in [-0.2, -0.15) is 5.10 Å². The van der Waals surface area contributed by atoms with E-state index in [1.807, 2.05) is 103 Å². The smallest absolute Gasteiger partial charge is 0.328 e. The topological polar surface area (TPSA) is 148 Å². The Morgan fingerprint density at radius 3 is 2.35 bits per heavy atom. The lowest BCUT2D eigenvalue weighted by atomic mass is 9.91. The molecule has 11 nitrogen and oxygen atoms in total. The highest BCUT2D eigenvalue weighted by molar-refractivity contribution is 7.99. The molecule has 0 saturated carbocycles. The zero-order valence-corrected chi connectivity index (χ0v) is 29.2. The van der Waals surface area contributed by atoms with Crippen LogP contribution < -0.4 is 10.6 Å². The zero-order chi connectivity index (χ0) is 35.6. The fourth-order valence-electron chi connectivity index (χ4n) is 6.01. The molecule has 4 aromatic carbocycles. The zero-order valence-electron chi connectivity index (χ0n) is 28.4.